The molecule has 1 unspecified atom stereocenters. The highest BCUT2D eigenvalue weighted by Gasteiger charge is 2.59. The molecule has 0 aromatic rings. The van der Waals surface area contributed by atoms with E-state index in [0.717, 1.165) is 6.42 Å². The average Bonchev–Trinajstić information content (AvgIpc) is 2.04. The van der Waals surface area contributed by atoms with Crippen LogP contribution < -0.4 is 0 Å². The van der Waals surface area contributed by atoms with Gasteiger partial charge in [-0.2, -0.15) is 13.2 Å². The zero-order valence-electron chi connectivity index (χ0n) is 7.78. The third-order valence-corrected chi connectivity index (χ3v) is 6.78. The highest BCUT2D eigenvalue weighted by molar-refractivity contribution is 6.75. The van der Waals surface area contributed by atoms with Gasteiger partial charge in [-0.05, 0) is 18.5 Å². The van der Waals surface area contributed by atoms with Crippen molar-refractivity contribution in [2.45, 2.75) is 44.1 Å². The van der Waals surface area contributed by atoms with E-state index in [4.69, 9.17) is 4.43 Å². The van der Waals surface area contributed by atoms with Gasteiger partial charge in [0.25, 0.3) is 0 Å². The molecule has 1 rings (SSSR count). The summed E-state index contributed by atoms with van der Waals surface area (Å²) in [5, 5.41) is 0. The van der Waals surface area contributed by atoms with E-state index >= 15 is 0 Å². The molecule has 1 atom stereocenters. The lowest BCUT2D eigenvalue weighted by Gasteiger charge is -2.35. The van der Waals surface area contributed by atoms with E-state index in [1.54, 1.807) is 6.92 Å². The molecule has 0 aromatic carbocycles. The molecule has 0 aromatic heterocycles. The molecular formula is C8H15F3OSi. The minimum absolute atomic E-state index is 0.233. The van der Waals surface area contributed by atoms with Crippen LogP contribution in [-0.4, -0.2) is 20.7 Å². The van der Waals surface area contributed by atoms with Gasteiger partial charge in [0.2, 0.25) is 0 Å². The molecule has 0 aliphatic carbocycles. The van der Waals surface area contributed by atoms with Gasteiger partial charge in [-0.3, -0.25) is 0 Å². The number of hydrogen-bond donors (Lipinski definition) is 0. The van der Waals surface area contributed by atoms with Crippen LogP contribution in [0.2, 0.25) is 12.1 Å². The summed E-state index contributed by atoms with van der Waals surface area (Å²) in [5.74, 6) is -4.07. The highest BCUT2D eigenvalue weighted by Crippen LogP contribution is 2.40. The van der Waals surface area contributed by atoms with E-state index in [0.29, 0.717) is 19.4 Å². The molecule has 1 heterocycles. The van der Waals surface area contributed by atoms with Crippen molar-refractivity contribution in [3.05, 3.63) is 0 Å². The summed E-state index contributed by atoms with van der Waals surface area (Å²) >= 11 is 0. The van der Waals surface area contributed by atoms with Gasteiger partial charge in [-0.15, -0.1) is 0 Å². The topological polar surface area (TPSA) is 9.23 Å². The van der Waals surface area contributed by atoms with Crippen molar-refractivity contribution in [1.29, 1.82) is 0 Å². The Kier molecular flexibility index (Phi) is 3.40. The van der Waals surface area contributed by atoms with Crippen molar-refractivity contribution in [1.82, 2.24) is 0 Å². The first-order valence-corrected chi connectivity index (χ1v) is 7.05. The van der Waals surface area contributed by atoms with Gasteiger partial charge >= 0.3 is 14.1 Å². The normalized spacial score (nSPS) is 30.5. The zero-order valence-corrected chi connectivity index (χ0v) is 8.78. The van der Waals surface area contributed by atoms with Crippen LogP contribution in [0.4, 0.5) is 13.2 Å². The van der Waals surface area contributed by atoms with Crippen molar-refractivity contribution in [2.24, 2.45) is 0 Å². The molecule has 1 fully saturated rings. The molecule has 0 bridgehead atoms. The Labute approximate surface area is 77.4 Å². The molecule has 1 saturated heterocycles. The summed E-state index contributed by atoms with van der Waals surface area (Å²) in [6, 6.07) is 0.501. The highest BCUT2D eigenvalue weighted by atomic mass is 28.4. The first-order chi connectivity index (χ1) is 6.02. The van der Waals surface area contributed by atoms with Crippen molar-refractivity contribution < 1.29 is 17.6 Å². The Morgan fingerprint density at radius 1 is 1.31 bits per heavy atom. The molecule has 0 amide bonds. The molecular weight excluding hydrogens is 197 g/mol. The van der Waals surface area contributed by atoms with E-state index in [1.807, 2.05) is 0 Å². The Balaban J connectivity index is 2.73. The fourth-order valence-electron chi connectivity index (χ4n) is 1.82. The molecule has 0 N–H and O–H groups in total. The van der Waals surface area contributed by atoms with Gasteiger partial charge in [0.05, 0.1) is 0 Å². The van der Waals surface area contributed by atoms with Crippen LogP contribution in [0.1, 0.15) is 26.2 Å². The van der Waals surface area contributed by atoms with Crippen LogP contribution in [0.5, 0.6) is 0 Å². The van der Waals surface area contributed by atoms with Crippen molar-refractivity contribution in [3.8, 4) is 0 Å². The molecule has 0 radical (unpaired) electrons. The van der Waals surface area contributed by atoms with Crippen molar-refractivity contribution in [2.75, 3.05) is 6.61 Å². The maximum atomic E-state index is 12.7. The van der Waals surface area contributed by atoms with E-state index in [2.05, 4.69) is 0 Å². The van der Waals surface area contributed by atoms with Crippen LogP contribution in [0, 0.1) is 0 Å². The van der Waals surface area contributed by atoms with E-state index < -0.39 is 14.1 Å². The largest absolute Gasteiger partial charge is 0.408 e. The minimum Gasteiger partial charge on any atom is -0.408 e. The molecule has 1 aliphatic rings. The quantitative estimate of drug-likeness (QED) is 0.638. The van der Waals surface area contributed by atoms with Crippen molar-refractivity contribution in [3.63, 3.8) is 0 Å². The number of hydrogen-bond acceptors (Lipinski definition) is 1. The van der Waals surface area contributed by atoms with E-state index in [-0.39, 0.29) is 12.1 Å². The minimum atomic E-state index is -4.07. The fourth-order valence-corrected chi connectivity index (χ4v) is 5.25. The van der Waals surface area contributed by atoms with Crippen LogP contribution in [0.25, 0.3) is 0 Å². The van der Waals surface area contributed by atoms with E-state index in [9.17, 15) is 13.2 Å². The van der Waals surface area contributed by atoms with Crippen LogP contribution in [-0.2, 0) is 4.43 Å². The Hall–Kier alpha value is -0.0331. The van der Waals surface area contributed by atoms with Crippen LogP contribution in [0.15, 0.2) is 0 Å². The molecule has 1 aliphatic heterocycles. The summed E-state index contributed by atoms with van der Waals surface area (Å²) in [6.45, 7) is 2.10. The number of halogens is 3. The Morgan fingerprint density at radius 3 is 2.38 bits per heavy atom. The van der Waals surface area contributed by atoms with Gasteiger partial charge < -0.3 is 4.43 Å². The van der Waals surface area contributed by atoms with Crippen molar-refractivity contribution >= 4 is 8.32 Å². The standard InChI is InChI=1S/C8H15F3OSi/c1-2-6-13(8(9,10)11)7-4-3-5-12-13/h2-7H2,1H3. The zero-order chi connectivity index (χ0) is 9.95. The molecule has 78 valence electrons. The lowest BCUT2D eigenvalue weighted by atomic mass is 10.4. The van der Waals surface area contributed by atoms with Crippen LogP contribution >= 0.6 is 0 Å². The second-order valence-corrected chi connectivity index (χ2v) is 7.39. The third kappa shape index (κ3) is 2.25. The SMILES string of the molecule is CCC[Si]1(C(F)(F)F)CCCCO1. The number of rotatable bonds is 2. The summed E-state index contributed by atoms with van der Waals surface area (Å²) in [7, 11) is -3.38. The predicted octanol–water partition coefficient (Wildman–Crippen LogP) is 3.25. The van der Waals surface area contributed by atoms with Gasteiger partial charge in [0.1, 0.15) is 0 Å². The molecule has 0 spiro atoms. The fraction of sp³-hybridized carbons (Fsp3) is 1.00. The first kappa shape index (κ1) is 11.0. The van der Waals surface area contributed by atoms with Crippen LogP contribution in [0.3, 0.4) is 0 Å². The second kappa shape index (κ2) is 4.00. The smallest absolute Gasteiger partial charge is 0.388 e. The maximum Gasteiger partial charge on any atom is 0.388 e. The molecule has 1 nitrogen and oxygen atoms in total. The maximum absolute atomic E-state index is 12.7. The van der Waals surface area contributed by atoms with Gasteiger partial charge in [0.15, 0.2) is 0 Å². The first-order valence-electron chi connectivity index (χ1n) is 4.72. The summed E-state index contributed by atoms with van der Waals surface area (Å²) in [5.41, 5.74) is 0. The number of alkyl halides is 3. The molecule has 13 heavy (non-hydrogen) atoms. The van der Waals surface area contributed by atoms with E-state index in [1.165, 1.54) is 0 Å². The molecule has 5 heteroatoms. The van der Waals surface area contributed by atoms with Gasteiger partial charge in [-0.1, -0.05) is 19.8 Å². The summed E-state index contributed by atoms with van der Waals surface area (Å²) < 4.78 is 43.2. The van der Waals surface area contributed by atoms with Gasteiger partial charge in [0, 0.05) is 6.61 Å². The summed E-state index contributed by atoms with van der Waals surface area (Å²) in [4.78, 5) is 0. The predicted molar refractivity (Wildman–Crippen MR) is 46.9 cm³/mol. The Morgan fingerprint density at radius 2 is 2.00 bits per heavy atom. The lowest BCUT2D eigenvalue weighted by molar-refractivity contribution is -0.0779. The Bertz CT molecular complexity index is 158. The monoisotopic (exact) mass is 212 g/mol. The second-order valence-electron chi connectivity index (χ2n) is 3.55. The summed E-state index contributed by atoms with van der Waals surface area (Å²) in [6.07, 6.45) is 2.05. The lowest BCUT2D eigenvalue weighted by Crippen LogP contribution is -2.54. The average molecular weight is 212 g/mol. The van der Waals surface area contributed by atoms with Gasteiger partial charge in [-0.25, -0.2) is 0 Å². The third-order valence-electron chi connectivity index (χ3n) is 2.52. The molecule has 0 saturated carbocycles.